The van der Waals surface area contributed by atoms with Crippen molar-refractivity contribution in [3.63, 3.8) is 0 Å². The minimum Gasteiger partial charge on any atom is -0.497 e. The van der Waals surface area contributed by atoms with E-state index in [1.807, 2.05) is 36.4 Å². The smallest absolute Gasteiger partial charge is 0.167 e. The van der Waals surface area contributed by atoms with E-state index in [1.54, 1.807) is 7.11 Å². The predicted octanol–water partition coefficient (Wildman–Crippen LogP) is 4.40. The standard InChI is InChI=1S/C22H27NO2/c1-15-9-20(14-23(12-15)13-16-3-4-16)22(24)19-6-5-18-11-21(25-2)8-7-17(18)10-19/h5-8,10-11,15-16,20H,3-4,9,12-14H2,1-2H3/t15-,20-/m0/s1. The van der Waals surface area contributed by atoms with Gasteiger partial charge in [0.05, 0.1) is 7.11 Å². The third kappa shape index (κ3) is 3.72. The number of nitrogens with zero attached hydrogens (tertiary/aromatic N) is 1. The Morgan fingerprint density at radius 1 is 1.12 bits per heavy atom. The molecule has 2 aliphatic rings. The number of methoxy groups -OCH3 is 1. The maximum atomic E-state index is 13.1. The maximum Gasteiger partial charge on any atom is 0.167 e. The molecule has 3 heteroatoms. The van der Waals surface area contributed by atoms with Crippen molar-refractivity contribution in [1.82, 2.24) is 4.90 Å². The van der Waals surface area contributed by atoms with E-state index in [0.717, 1.165) is 47.5 Å². The number of ketones is 1. The monoisotopic (exact) mass is 337 g/mol. The van der Waals surface area contributed by atoms with Gasteiger partial charge in [-0.2, -0.15) is 0 Å². The molecule has 2 aromatic carbocycles. The molecule has 1 aliphatic carbocycles. The Morgan fingerprint density at radius 2 is 1.88 bits per heavy atom. The highest BCUT2D eigenvalue weighted by molar-refractivity contribution is 6.01. The summed E-state index contributed by atoms with van der Waals surface area (Å²) in [7, 11) is 1.68. The third-order valence-corrected chi connectivity index (χ3v) is 5.65. The Morgan fingerprint density at radius 3 is 2.64 bits per heavy atom. The zero-order valence-electron chi connectivity index (χ0n) is 15.2. The molecule has 1 saturated heterocycles. The lowest BCUT2D eigenvalue weighted by Gasteiger charge is -2.36. The van der Waals surface area contributed by atoms with Crippen LogP contribution in [0.1, 0.15) is 36.5 Å². The summed E-state index contributed by atoms with van der Waals surface area (Å²) in [6, 6.07) is 12.1. The summed E-state index contributed by atoms with van der Waals surface area (Å²) in [5, 5.41) is 2.22. The van der Waals surface area contributed by atoms with Crippen molar-refractivity contribution in [3.05, 3.63) is 42.0 Å². The van der Waals surface area contributed by atoms with Crippen LogP contribution in [0.5, 0.6) is 5.75 Å². The van der Waals surface area contributed by atoms with Gasteiger partial charge < -0.3 is 9.64 Å². The first-order chi connectivity index (χ1) is 12.1. The molecule has 1 heterocycles. The summed E-state index contributed by atoms with van der Waals surface area (Å²) < 4.78 is 5.28. The van der Waals surface area contributed by atoms with Gasteiger partial charge in [0.15, 0.2) is 5.78 Å². The zero-order valence-corrected chi connectivity index (χ0v) is 15.2. The predicted molar refractivity (Wildman–Crippen MR) is 101 cm³/mol. The van der Waals surface area contributed by atoms with E-state index in [4.69, 9.17) is 4.74 Å². The van der Waals surface area contributed by atoms with Crippen LogP contribution < -0.4 is 4.74 Å². The quantitative estimate of drug-likeness (QED) is 0.758. The van der Waals surface area contributed by atoms with Gasteiger partial charge in [-0.25, -0.2) is 0 Å². The van der Waals surface area contributed by atoms with Gasteiger partial charge in [-0.3, -0.25) is 4.79 Å². The minimum absolute atomic E-state index is 0.137. The first-order valence-electron chi connectivity index (χ1n) is 9.47. The fraction of sp³-hybridized carbons (Fsp3) is 0.500. The minimum atomic E-state index is 0.137. The molecular weight excluding hydrogens is 310 g/mol. The molecule has 4 rings (SSSR count). The molecule has 1 aliphatic heterocycles. The Kier molecular flexibility index (Phi) is 4.51. The van der Waals surface area contributed by atoms with Crippen molar-refractivity contribution < 1.29 is 9.53 Å². The number of carbonyl (C=O) groups excluding carboxylic acids is 1. The van der Waals surface area contributed by atoms with Crippen LogP contribution in [0.4, 0.5) is 0 Å². The summed E-state index contributed by atoms with van der Waals surface area (Å²) in [6.45, 7) is 5.55. The fourth-order valence-electron chi connectivity index (χ4n) is 4.21. The summed E-state index contributed by atoms with van der Waals surface area (Å²) in [6.07, 6.45) is 3.76. The Balaban J connectivity index is 1.53. The van der Waals surface area contributed by atoms with Gasteiger partial charge >= 0.3 is 0 Å². The number of hydrogen-bond donors (Lipinski definition) is 0. The second-order valence-corrected chi connectivity index (χ2v) is 7.99. The molecule has 2 aromatic rings. The second kappa shape index (κ2) is 6.80. The van der Waals surface area contributed by atoms with Crippen LogP contribution in [0.15, 0.2) is 36.4 Å². The van der Waals surface area contributed by atoms with Crippen molar-refractivity contribution in [1.29, 1.82) is 0 Å². The lowest BCUT2D eigenvalue weighted by Crippen LogP contribution is -2.43. The van der Waals surface area contributed by atoms with Crippen molar-refractivity contribution in [2.75, 3.05) is 26.7 Å². The van der Waals surface area contributed by atoms with Crippen molar-refractivity contribution in [3.8, 4) is 5.75 Å². The molecule has 3 nitrogen and oxygen atoms in total. The van der Waals surface area contributed by atoms with Gasteiger partial charge in [0.2, 0.25) is 0 Å². The van der Waals surface area contributed by atoms with Crippen molar-refractivity contribution in [2.24, 2.45) is 17.8 Å². The highest BCUT2D eigenvalue weighted by atomic mass is 16.5. The Hall–Kier alpha value is -1.87. The average molecular weight is 337 g/mol. The van der Waals surface area contributed by atoms with E-state index in [2.05, 4.69) is 11.8 Å². The molecule has 0 amide bonds. The highest BCUT2D eigenvalue weighted by Crippen LogP contribution is 2.33. The first-order valence-corrected chi connectivity index (χ1v) is 9.47. The van der Waals surface area contributed by atoms with Crippen LogP contribution in [0.2, 0.25) is 0 Å². The third-order valence-electron chi connectivity index (χ3n) is 5.65. The molecular formula is C22H27NO2. The number of piperidine rings is 1. The molecule has 0 unspecified atom stereocenters. The van der Waals surface area contributed by atoms with E-state index in [9.17, 15) is 4.79 Å². The van der Waals surface area contributed by atoms with E-state index >= 15 is 0 Å². The SMILES string of the molecule is COc1ccc2cc(C(=O)[C@H]3C[C@H](C)CN(CC4CC4)C3)ccc2c1. The van der Waals surface area contributed by atoms with Crippen LogP contribution in [-0.4, -0.2) is 37.4 Å². The molecule has 0 bridgehead atoms. The summed E-state index contributed by atoms with van der Waals surface area (Å²) in [5.41, 5.74) is 0.850. The largest absolute Gasteiger partial charge is 0.497 e. The zero-order chi connectivity index (χ0) is 17.4. The maximum absolute atomic E-state index is 13.1. The highest BCUT2D eigenvalue weighted by Gasteiger charge is 2.33. The number of Topliss-reactive ketones (excluding diaryl/α,β-unsaturated/α-hetero) is 1. The summed E-state index contributed by atoms with van der Waals surface area (Å²) in [4.78, 5) is 15.6. The summed E-state index contributed by atoms with van der Waals surface area (Å²) in [5.74, 6) is 2.79. The number of likely N-dealkylation sites (tertiary alicyclic amines) is 1. The number of fused-ring (bicyclic) bond motifs is 1. The number of rotatable bonds is 5. The van der Waals surface area contributed by atoms with E-state index < -0.39 is 0 Å². The van der Waals surface area contributed by atoms with E-state index in [0.29, 0.717) is 11.7 Å². The number of benzene rings is 2. The lowest BCUT2D eigenvalue weighted by atomic mass is 9.84. The van der Waals surface area contributed by atoms with Gasteiger partial charge in [0, 0.05) is 31.1 Å². The molecule has 0 aromatic heterocycles. The Bertz CT molecular complexity index is 779. The molecule has 0 spiro atoms. The van der Waals surface area contributed by atoms with Crippen LogP contribution in [0, 0.1) is 17.8 Å². The van der Waals surface area contributed by atoms with Gasteiger partial charge in [-0.05, 0) is 60.1 Å². The topological polar surface area (TPSA) is 29.5 Å². The summed E-state index contributed by atoms with van der Waals surface area (Å²) >= 11 is 0. The molecule has 132 valence electrons. The molecule has 25 heavy (non-hydrogen) atoms. The van der Waals surface area contributed by atoms with Gasteiger partial charge in [-0.15, -0.1) is 0 Å². The van der Waals surface area contributed by atoms with Crippen LogP contribution in [-0.2, 0) is 0 Å². The van der Waals surface area contributed by atoms with Crippen LogP contribution >= 0.6 is 0 Å². The van der Waals surface area contributed by atoms with Gasteiger partial charge in [-0.1, -0.05) is 25.1 Å². The molecule has 0 N–H and O–H groups in total. The van der Waals surface area contributed by atoms with E-state index in [-0.39, 0.29) is 5.92 Å². The number of carbonyl (C=O) groups is 1. The van der Waals surface area contributed by atoms with E-state index in [1.165, 1.54) is 19.4 Å². The number of hydrogen-bond acceptors (Lipinski definition) is 3. The number of ether oxygens (including phenoxy) is 1. The Labute approximate surface area is 150 Å². The average Bonchev–Trinajstić information content (AvgIpc) is 3.43. The molecule has 0 radical (unpaired) electrons. The normalized spacial score (nSPS) is 24.4. The van der Waals surface area contributed by atoms with Crippen molar-refractivity contribution in [2.45, 2.75) is 26.2 Å². The van der Waals surface area contributed by atoms with Crippen LogP contribution in [0.3, 0.4) is 0 Å². The first kappa shape index (κ1) is 16.6. The van der Waals surface area contributed by atoms with Crippen molar-refractivity contribution >= 4 is 16.6 Å². The van der Waals surface area contributed by atoms with Crippen LogP contribution in [0.25, 0.3) is 10.8 Å². The van der Waals surface area contributed by atoms with Gasteiger partial charge in [0.25, 0.3) is 0 Å². The molecule has 1 saturated carbocycles. The fourth-order valence-corrected chi connectivity index (χ4v) is 4.21. The second-order valence-electron chi connectivity index (χ2n) is 7.99. The molecule has 2 fully saturated rings. The van der Waals surface area contributed by atoms with Gasteiger partial charge in [0.1, 0.15) is 5.75 Å². The lowest BCUT2D eigenvalue weighted by molar-refractivity contribution is 0.0745. The molecule has 2 atom stereocenters.